The Morgan fingerprint density at radius 1 is 0.923 bits per heavy atom. The zero-order valence-electron chi connectivity index (χ0n) is 13.8. The second kappa shape index (κ2) is 10.2. The van der Waals surface area contributed by atoms with Gasteiger partial charge in [-0.3, -0.25) is 9.59 Å². The number of esters is 1. The molecule has 7 nitrogen and oxygen atoms in total. The van der Waals surface area contributed by atoms with Gasteiger partial charge in [-0.05, 0) is 29.8 Å². The third-order valence-electron chi connectivity index (χ3n) is 3.18. The Morgan fingerprint density at radius 3 is 2.31 bits per heavy atom. The van der Waals surface area contributed by atoms with Crippen LogP contribution in [0.1, 0.15) is 5.56 Å². The molecule has 2 aromatic carbocycles. The number of hydrogen-bond donors (Lipinski definition) is 3. The minimum atomic E-state index is -0.703. The number of amides is 3. The molecule has 0 saturated heterocycles. The van der Waals surface area contributed by atoms with Crippen molar-refractivity contribution in [1.82, 2.24) is 10.6 Å². The van der Waals surface area contributed by atoms with E-state index in [4.69, 9.17) is 4.74 Å². The van der Waals surface area contributed by atoms with Crippen molar-refractivity contribution < 1.29 is 19.1 Å². The van der Waals surface area contributed by atoms with Gasteiger partial charge in [0.1, 0.15) is 6.54 Å². The van der Waals surface area contributed by atoms with Crippen LogP contribution in [0.15, 0.2) is 59.1 Å². The number of halogens is 1. The van der Waals surface area contributed by atoms with E-state index in [9.17, 15) is 14.4 Å². The minimum Gasteiger partial charge on any atom is -0.454 e. The quantitative estimate of drug-likeness (QED) is 0.600. The normalized spacial score (nSPS) is 9.88. The van der Waals surface area contributed by atoms with E-state index in [1.165, 1.54) is 0 Å². The summed E-state index contributed by atoms with van der Waals surface area (Å²) in [4.78, 5) is 34.9. The summed E-state index contributed by atoms with van der Waals surface area (Å²) in [6, 6.07) is 15.8. The largest absolute Gasteiger partial charge is 0.454 e. The van der Waals surface area contributed by atoms with Gasteiger partial charge in [0.2, 0.25) is 0 Å². The van der Waals surface area contributed by atoms with Crippen LogP contribution in [0, 0.1) is 0 Å². The summed E-state index contributed by atoms with van der Waals surface area (Å²) in [6.07, 6.45) is 0. The average molecular weight is 420 g/mol. The summed E-state index contributed by atoms with van der Waals surface area (Å²) in [7, 11) is 0. The van der Waals surface area contributed by atoms with E-state index in [1.807, 2.05) is 30.3 Å². The Balaban J connectivity index is 1.61. The second-order valence-corrected chi connectivity index (χ2v) is 6.15. The molecule has 0 spiro atoms. The van der Waals surface area contributed by atoms with Gasteiger partial charge >= 0.3 is 12.0 Å². The van der Waals surface area contributed by atoms with E-state index in [1.54, 1.807) is 24.3 Å². The molecule has 3 amide bonds. The number of benzene rings is 2. The molecule has 0 radical (unpaired) electrons. The van der Waals surface area contributed by atoms with Crippen molar-refractivity contribution in [2.75, 3.05) is 18.5 Å². The minimum absolute atomic E-state index is 0.327. The summed E-state index contributed by atoms with van der Waals surface area (Å²) in [5.74, 6) is -1.17. The Morgan fingerprint density at radius 2 is 1.62 bits per heavy atom. The number of anilines is 1. The Hall–Kier alpha value is -2.87. The highest BCUT2D eigenvalue weighted by Crippen LogP contribution is 2.13. The van der Waals surface area contributed by atoms with Crippen molar-refractivity contribution >= 4 is 39.5 Å². The molecule has 0 atom stereocenters. The molecule has 2 aromatic rings. The molecular weight excluding hydrogens is 402 g/mol. The average Bonchev–Trinajstić information content (AvgIpc) is 2.65. The number of ether oxygens (including phenoxy) is 1. The predicted molar refractivity (Wildman–Crippen MR) is 100 cm³/mol. The molecule has 0 bridgehead atoms. The molecule has 0 aliphatic rings. The molecule has 3 N–H and O–H groups in total. The number of nitrogens with one attached hydrogen (secondary N) is 3. The SMILES string of the molecule is O=C(COC(=O)CNC(=O)NCc1ccccc1)Nc1ccc(Br)cc1. The molecule has 0 aliphatic carbocycles. The maximum atomic E-state index is 11.7. The van der Waals surface area contributed by atoms with E-state index in [0.717, 1.165) is 10.0 Å². The van der Waals surface area contributed by atoms with Gasteiger partial charge in [-0.15, -0.1) is 0 Å². The van der Waals surface area contributed by atoms with Crippen LogP contribution in [0.25, 0.3) is 0 Å². The van der Waals surface area contributed by atoms with Crippen molar-refractivity contribution in [3.05, 3.63) is 64.6 Å². The molecule has 0 aromatic heterocycles. The Labute approximate surface area is 159 Å². The lowest BCUT2D eigenvalue weighted by atomic mass is 10.2. The molecule has 8 heteroatoms. The molecule has 26 heavy (non-hydrogen) atoms. The highest BCUT2D eigenvalue weighted by atomic mass is 79.9. The zero-order valence-corrected chi connectivity index (χ0v) is 15.4. The molecule has 0 heterocycles. The fourth-order valence-corrected chi connectivity index (χ4v) is 2.18. The molecular formula is C18H18BrN3O4. The van der Waals surface area contributed by atoms with E-state index >= 15 is 0 Å². The van der Waals surface area contributed by atoms with Gasteiger partial charge in [0.25, 0.3) is 5.91 Å². The summed E-state index contributed by atoms with van der Waals surface area (Å²) < 4.78 is 5.70. The highest BCUT2D eigenvalue weighted by molar-refractivity contribution is 9.10. The first-order valence-electron chi connectivity index (χ1n) is 7.79. The second-order valence-electron chi connectivity index (χ2n) is 5.24. The van der Waals surface area contributed by atoms with Gasteiger partial charge in [0.15, 0.2) is 6.61 Å². The first-order valence-corrected chi connectivity index (χ1v) is 8.59. The zero-order chi connectivity index (χ0) is 18.8. The maximum Gasteiger partial charge on any atom is 0.325 e. The van der Waals surface area contributed by atoms with Crippen molar-refractivity contribution in [2.24, 2.45) is 0 Å². The van der Waals surface area contributed by atoms with Crippen molar-refractivity contribution in [1.29, 1.82) is 0 Å². The van der Waals surface area contributed by atoms with E-state index in [2.05, 4.69) is 31.9 Å². The van der Waals surface area contributed by atoms with Gasteiger partial charge in [-0.2, -0.15) is 0 Å². The van der Waals surface area contributed by atoms with Gasteiger partial charge in [0.05, 0.1) is 0 Å². The molecule has 2 rings (SSSR count). The lowest BCUT2D eigenvalue weighted by molar-refractivity contribution is -0.146. The van der Waals surface area contributed by atoms with Crippen molar-refractivity contribution in [3.8, 4) is 0 Å². The topological polar surface area (TPSA) is 96.5 Å². The fourth-order valence-electron chi connectivity index (χ4n) is 1.92. The fraction of sp³-hybridized carbons (Fsp3) is 0.167. The van der Waals surface area contributed by atoms with Gasteiger partial charge in [-0.25, -0.2) is 4.79 Å². The van der Waals surface area contributed by atoms with E-state index < -0.39 is 24.5 Å². The van der Waals surface area contributed by atoms with Crippen LogP contribution in [0.5, 0.6) is 0 Å². The van der Waals surface area contributed by atoms with Crippen LogP contribution in [0.2, 0.25) is 0 Å². The lowest BCUT2D eigenvalue weighted by Gasteiger charge is -2.09. The monoisotopic (exact) mass is 419 g/mol. The summed E-state index contributed by atoms with van der Waals surface area (Å²) in [5, 5.41) is 7.58. The van der Waals surface area contributed by atoms with Gasteiger partial charge in [-0.1, -0.05) is 46.3 Å². The first-order chi connectivity index (χ1) is 12.5. The van der Waals surface area contributed by atoms with Crippen molar-refractivity contribution in [2.45, 2.75) is 6.54 Å². The lowest BCUT2D eigenvalue weighted by Crippen LogP contribution is -2.39. The van der Waals surface area contributed by atoms with Crippen molar-refractivity contribution in [3.63, 3.8) is 0 Å². The number of carbonyl (C=O) groups is 3. The summed E-state index contributed by atoms with van der Waals surface area (Å²) in [5.41, 5.74) is 1.53. The number of carbonyl (C=O) groups excluding carboxylic acids is 3. The molecule has 0 aliphatic heterocycles. The molecule has 0 saturated carbocycles. The summed E-state index contributed by atoms with van der Waals surface area (Å²) >= 11 is 3.29. The first kappa shape index (κ1) is 19.5. The number of rotatable bonds is 7. The maximum absolute atomic E-state index is 11.7. The van der Waals surface area contributed by atoms with Crippen LogP contribution in [-0.2, 0) is 20.9 Å². The molecule has 0 fully saturated rings. The highest BCUT2D eigenvalue weighted by Gasteiger charge is 2.09. The van der Waals surface area contributed by atoms with Crippen LogP contribution >= 0.6 is 15.9 Å². The predicted octanol–water partition coefficient (Wildman–Crippen LogP) is 2.43. The smallest absolute Gasteiger partial charge is 0.325 e. The Kier molecular flexibility index (Phi) is 7.63. The molecule has 0 unspecified atom stereocenters. The summed E-state index contributed by atoms with van der Waals surface area (Å²) in [6.45, 7) is -0.411. The third kappa shape index (κ3) is 7.35. The van der Waals surface area contributed by atoms with Crippen LogP contribution < -0.4 is 16.0 Å². The van der Waals surface area contributed by atoms with Crippen LogP contribution in [0.3, 0.4) is 0 Å². The standard InChI is InChI=1S/C18H18BrN3O4/c19-14-6-8-15(9-7-14)22-16(23)12-26-17(24)11-21-18(25)20-10-13-4-2-1-3-5-13/h1-9H,10-12H2,(H,22,23)(H2,20,21,25). The number of urea groups is 1. The third-order valence-corrected chi connectivity index (χ3v) is 3.71. The van der Waals surface area contributed by atoms with Gasteiger partial charge < -0.3 is 20.7 Å². The van der Waals surface area contributed by atoms with Crippen LogP contribution in [-0.4, -0.2) is 31.1 Å². The van der Waals surface area contributed by atoms with Crippen LogP contribution in [0.4, 0.5) is 10.5 Å². The Bertz CT molecular complexity index is 751. The number of hydrogen-bond acceptors (Lipinski definition) is 4. The van der Waals surface area contributed by atoms with E-state index in [-0.39, 0.29) is 6.54 Å². The van der Waals surface area contributed by atoms with E-state index in [0.29, 0.717) is 12.2 Å². The molecule has 136 valence electrons. The van der Waals surface area contributed by atoms with Gasteiger partial charge in [0, 0.05) is 16.7 Å².